The number of alkyl halides is 1. The largest absolute Gasteiger partial charge is 0.204 e. The Morgan fingerprint density at radius 2 is 2.00 bits per heavy atom. The summed E-state index contributed by atoms with van der Waals surface area (Å²) in [4.78, 5) is 1.15. The van der Waals surface area contributed by atoms with E-state index in [1.807, 2.05) is 0 Å². The van der Waals surface area contributed by atoms with Crippen molar-refractivity contribution in [1.29, 1.82) is 0 Å². The Morgan fingerprint density at radius 1 is 1.16 bits per heavy atom. The second-order valence-electron chi connectivity index (χ2n) is 4.18. The molecule has 3 rings (SSSR count). The lowest BCUT2D eigenvalue weighted by atomic mass is 10.1. The quantitative estimate of drug-likeness (QED) is 0.509. The van der Waals surface area contributed by atoms with Gasteiger partial charge in [0.05, 0.1) is 4.83 Å². The first-order valence-electron chi connectivity index (χ1n) is 5.69. The van der Waals surface area contributed by atoms with Gasteiger partial charge in [0.15, 0.2) is 11.6 Å². The number of hydrogen-bond donors (Lipinski definition) is 0. The SMILES string of the molecule is Fc1cccc(CC(Br)c2cc3sccc3s2)c1F. The smallest absolute Gasteiger partial charge is 0.162 e. The summed E-state index contributed by atoms with van der Waals surface area (Å²) in [6, 6.07) is 8.50. The maximum Gasteiger partial charge on any atom is 0.162 e. The number of fused-ring (bicyclic) bond motifs is 1. The molecule has 0 saturated carbocycles. The predicted octanol–water partition coefficient (Wildman–Crippen LogP) is 5.92. The molecule has 0 aliphatic carbocycles. The summed E-state index contributed by atoms with van der Waals surface area (Å²) in [5, 5.41) is 2.06. The molecule has 0 aliphatic heterocycles. The second-order valence-corrected chi connectivity index (χ2v) is 7.35. The summed E-state index contributed by atoms with van der Waals surface area (Å²) >= 11 is 6.95. The van der Waals surface area contributed by atoms with Gasteiger partial charge < -0.3 is 0 Å². The average Bonchev–Trinajstić information content (AvgIpc) is 2.95. The van der Waals surface area contributed by atoms with Gasteiger partial charge in [-0.15, -0.1) is 22.7 Å². The maximum atomic E-state index is 13.6. The van der Waals surface area contributed by atoms with Crippen LogP contribution < -0.4 is 0 Å². The van der Waals surface area contributed by atoms with E-state index in [1.54, 1.807) is 34.8 Å². The van der Waals surface area contributed by atoms with E-state index in [-0.39, 0.29) is 4.83 Å². The molecule has 1 atom stereocenters. The van der Waals surface area contributed by atoms with Gasteiger partial charge in [-0.25, -0.2) is 8.78 Å². The second kappa shape index (κ2) is 5.31. The fourth-order valence-electron chi connectivity index (χ4n) is 1.94. The van der Waals surface area contributed by atoms with Crippen molar-refractivity contribution in [3.63, 3.8) is 0 Å². The fraction of sp³-hybridized carbons (Fsp3) is 0.143. The molecule has 0 N–H and O–H groups in total. The Balaban J connectivity index is 1.86. The van der Waals surface area contributed by atoms with Crippen molar-refractivity contribution in [2.24, 2.45) is 0 Å². The molecule has 2 heterocycles. The van der Waals surface area contributed by atoms with E-state index in [0.29, 0.717) is 12.0 Å². The van der Waals surface area contributed by atoms with Crippen LogP contribution in [0.3, 0.4) is 0 Å². The molecule has 19 heavy (non-hydrogen) atoms. The van der Waals surface area contributed by atoms with E-state index in [2.05, 4.69) is 33.4 Å². The summed E-state index contributed by atoms with van der Waals surface area (Å²) in [7, 11) is 0. The molecule has 1 aromatic carbocycles. The zero-order chi connectivity index (χ0) is 13.4. The topological polar surface area (TPSA) is 0 Å². The molecule has 0 fully saturated rings. The van der Waals surface area contributed by atoms with Crippen LogP contribution in [0.4, 0.5) is 8.78 Å². The Kier molecular flexibility index (Phi) is 3.69. The molecule has 1 unspecified atom stereocenters. The molecule has 0 aliphatic rings. The van der Waals surface area contributed by atoms with Crippen LogP contribution in [-0.2, 0) is 6.42 Å². The van der Waals surface area contributed by atoms with Gasteiger partial charge in [-0.2, -0.15) is 0 Å². The van der Waals surface area contributed by atoms with Crippen molar-refractivity contribution in [2.45, 2.75) is 11.2 Å². The maximum absolute atomic E-state index is 13.6. The molecule has 0 spiro atoms. The van der Waals surface area contributed by atoms with Crippen molar-refractivity contribution in [1.82, 2.24) is 0 Å². The highest BCUT2D eigenvalue weighted by molar-refractivity contribution is 9.09. The number of benzene rings is 1. The average molecular weight is 359 g/mol. The molecule has 5 heteroatoms. The molecule has 0 amide bonds. The molecule has 98 valence electrons. The first kappa shape index (κ1) is 13.2. The first-order chi connectivity index (χ1) is 9.15. The zero-order valence-corrected chi connectivity index (χ0v) is 12.9. The van der Waals surface area contributed by atoms with Gasteiger partial charge in [0.1, 0.15) is 0 Å². The highest BCUT2D eigenvalue weighted by Crippen LogP contribution is 2.38. The lowest BCUT2D eigenvalue weighted by Crippen LogP contribution is -1.98. The van der Waals surface area contributed by atoms with Crippen LogP contribution in [0.2, 0.25) is 0 Å². The van der Waals surface area contributed by atoms with Crippen LogP contribution in [0, 0.1) is 11.6 Å². The number of halogens is 3. The molecule has 2 aromatic heterocycles. The Bertz CT molecular complexity index is 689. The van der Waals surface area contributed by atoms with Crippen LogP contribution in [0.5, 0.6) is 0 Å². The van der Waals surface area contributed by atoms with E-state index in [4.69, 9.17) is 0 Å². The third-order valence-corrected chi connectivity index (χ3v) is 6.22. The van der Waals surface area contributed by atoms with Crippen molar-refractivity contribution in [3.05, 3.63) is 57.8 Å². The van der Waals surface area contributed by atoms with E-state index in [1.165, 1.54) is 9.40 Å². The monoisotopic (exact) mass is 358 g/mol. The number of hydrogen-bond acceptors (Lipinski definition) is 2. The highest BCUT2D eigenvalue weighted by atomic mass is 79.9. The zero-order valence-electron chi connectivity index (χ0n) is 9.70. The van der Waals surface area contributed by atoms with Crippen LogP contribution in [-0.4, -0.2) is 0 Å². The summed E-state index contributed by atoms with van der Waals surface area (Å²) < 4.78 is 29.3. The molecule has 3 aromatic rings. The van der Waals surface area contributed by atoms with Crippen LogP contribution in [0.15, 0.2) is 35.7 Å². The fourth-order valence-corrected chi connectivity index (χ4v) is 4.80. The first-order valence-corrected chi connectivity index (χ1v) is 8.30. The van der Waals surface area contributed by atoms with E-state index < -0.39 is 11.6 Å². The van der Waals surface area contributed by atoms with Crippen molar-refractivity contribution < 1.29 is 8.78 Å². The van der Waals surface area contributed by atoms with Crippen LogP contribution >= 0.6 is 38.6 Å². The van der Waals surface area contributed by atoms with Gasteiger partial charge in [-0.05, 0) is 35.6 Å². The molecule has 0 bridgehead atoms. The van der Waals surface area contributed by atoms with Crippen LogP contribution in [0.25, 0.3) is 9.40 Å². The molecule has 0 nitrogen and oxygen atoms in total. The molecule has 0 saturated heterocycles. The van der Waals surface area contributed by atoms with Gasteiger partial charge in [-0.1, -0.05) is 28.1 Å². The van der Waals surface area contributed by atoms with Gasteiger partial charge in [0.2, 0.25) is 0 Å². The van der Waals surface area contributed by atoms with E-state index >= 15 is 0 Å². The summed E-state index contributed by atoms with van der Waals surface area (Å²) in [5.41, 5.74) is 0.402. The molecular formula is C14H9BrF2S2. The third-order valence-electron chi connectivity index (χ3n) is 2.90. The normalized spacial score (nSPS) is 13.0. The summed E-state index contributed by atoms with van der Waals surface area (Å²) in [6.07, 6.45) is 0.442. The number of thiophene rings is 2. The van der Waals surface area contributed by atoms with Crippen LogP contribution in [0.1, 0.15) is 15.3 Å². The third kappa shape index (κ3) is 2.59. The lowest BCUT2D eigenvalue weighted by Gasteiger charge is -2.08. The van der Waals surface area contributed by atoms with Gasteiger partial charge in [0.25, 0.3) is 0 Å². The van der Waals surface area contributed by atoms with Gasteiger partial charge in [-0.3, -0.25) is 0 Å². The summed E-state index contributed by atoms with van der Waals surface area (Å²) in [6.45, 7) is 0. The molecule has 0 radical (unpaired) electrons. The van der Waals surface area contributed by atoms with E-state index in [9.17, 15) is 8.78 Å². The standard InChI is InChI=1S/C14H9BrF2S2/c15-9(6-8-2-1-3-10(16)14(8)17)12-7-13-11(19-12)4-5-18-13/h1-5,7,9H,6H2. The number of rotatable bonds is 3. The highest BCUT2D eigenvalue weighted by Gasteiger charge is 2.16. The van der Waals surface area contributed by atoms with Crippen molar-refractivity contribution >= 4 is 48.0 Å². The minimum atomic E-state index is -0.788. The van der Waals surface area contributed by atoms with Crippen molar-refractivity contribution in [2.75, 3.05) is 0 Å². The summed E-state index contributed by atoms with van der Waals surface area (Å²) in [5.74, 6) is -1.53. The molecular weight excluding hydrogens is 350 g/mol. The van der Waals surface area contributed by atoms with Gasteiger partial charge in [0, 0.05) is 14.3 Å². The Hall–Kier alpha value is -0.780. The van der Waals surface area contributed by atoms with E-state index in [0.717, 1.165) is 10.9 Å². The Labute approximate surface area is 125 Å². The predicted molar refractivity (Wildman–Crippen MR) is 81.4 cm³/mol. The minimum Gasteiger partial charge on any atom is -0.204 e. The minimum absolute atomic E-state index is 0.00778. The van der Waals surface area contributed by atoms with Crippen molar-refractivity contribution in [3.8, 4) is 0 Å². The van der Waals surface area contributed by atoms with Gasteiger partial charge >= 0.3 is 0 Å². The Morgan fingerprint density at radius 3 is 2.79 bits per heavy atom. The lowest BCUT2D eigenvalue weighted by molar-refractivity contribution is 0.498.